The molecule has 0 aliphatic heterocycles. The van der Waals surface area contributed by atoms with E-state index in [9.17, 15) is 0 Å². The molecule has 0 unspecified atom stereocenters. The average Bonchev–Trinajstić information content (AvgIpc) is 2.41. The van der Waals surface area contributed by atoms with Gasteiger partial charge in [0.2, 0.25) is 0 Å². The van der Waals surface area contributed by atoms with Crippen molar-refractivity contribution in [2.45, 2.75) is 6.92 Å². The zero-order valence-electron chi connectivity index (χ0n) is 10.7. The standard InChI is InChI=1S/C15H13ClN2O/c1-10-7-12(16)4-6-14(10)18-15-8-13(19-2)5-3-11(15)9-17/h3-8,18H,1-2H3. The van der Waals surface area contributed by atoms with Crippen LogP contribution >= 0.6 is 11.6 Å². The van der Waals surface area contributed by atoms with Crippen molar-refractivity contribution < 1.29 is 4.74 Å². The maximum atomic E-state index is 9.12. The number of halogens is 1. The van der Waals surface area contributed by atoms with E-state index >= 15 is 0 Å². The predicted molar refractivity (Wildman–Crippen MR) is 77.2 cm³/mol. The van der Waals surface area contributed by atoms with Crippen molar-refractivity contribution in [1.82, 2.24) is 0 Å². The topological polar surface area (TPSA) is 45.0 Å². The molecule has 19 heavy (non-hydrogen) atoms. The molecule has 0 saturated carbocycles. The van der Waals surface area contributed by atoms with Gasteiger partial charge in [-0.15, -0.1) is 0 Å². The van der Waals surface area contributed by atoms with Crippen molar-refractivity contribution in [3.63, 3.8) is 0 Å². The summed E-state index contributed by atoms with van der Waals surface area (Å²) in [5.41, 5.74) is 3.20. The number of nitrogens with zero attached hydrogens (tertiary/aromatic N) is 1. The first kappa shape index (κ1) is 13.3. The number of benzene rings is 2. The summed E-state index contributed by atoms with van der Waals surface area (Å²) < 4.78 is 5.17. The summed E-state index contributed by atoms with van der Waals surface area (Å²) in [6.07, 6.45) is 0. The minimum absolute atomic E-state index is 0.565. The molecule has 0 saturated heterocycles. The predicted octanol–water partition coefficient (Wildman–Crippen LogP) is 4.27. The fourth-order valence-electron chi connectivity index (χ4n) is 1.76. The van der Waals surface area contributed by atoms with Gasteiger partial charge in [-0.3, -0.25) is 0 Å². The Morgan fingerprint density at radius 1 is 1.16 bits per heavy atom. The molecule has 0 bridgehead atoms. The Morgan fingerprint density at radius 2 is 1.95 bits per heavy atom. The van der Waals surface area contributed by atoms with Crippen LogP contribution in [0.5, 0.6) is 5.75 Å². The maximum Gasteiger partial charge on any atom is 0.121 e. The van der Waals surface area contributed by atoms with Crippen LogP contribution < -0.4 is 10.1 Å². The number of hydrogen-bond acceptors (Lipinski definition) is 3. The number of anilines is 2. The number of aryl methyl sites for hydroxylation is 1. The normalized spacial score (nSPS) is 9.79. The Morgan fingerprint density at radius 3 is 2.58 bits per heavy atom. The van der Waals surface area contributed by atoms with Gasteiger partial charge in [0.05, 0.1) is 18.4 Å². The van der Waals surface area contributed by atoms with Crippen molar-refractivity contribution >= 4 is 23.0 Å². The van der Waals surface area contributed by atoms with Gasteiger partial charge >= 0.3 is 0 Å². The molecule has 3 nitrogen and oxygen atoms in total. The van der Waals surface area contributed by atoms with Crippen molar-refractivity contribution in [3.05, 3.63) is 52.5 Å². The lowest BCUT2D eigenvalue weighted by Gasteiger charge is -2.12. The van der Waals surface area contributed by atoms with Crippen LogP contribution in [-0.4, -0.2) is 7.11 Å². The van der Waals surface area contributed by atoms with Gasteiger partial charge in [-0.1, -0.05) is 11.6 Å². The van der Waals surface area contributed by atoms with E-state index in [2.05, 4.69) is 11.4 Å². The van der Waals surface area contributed by atoms with E-state index in [1.807, 2.05) is 25.1 Å². The van der Waals surface area contributed by atoms with Crippen LogP contribution in [0.3, 0.4) is 0 Å². The fraction of sp³-hybridized carbons (Fsp3) is 0.133. The molecule has 0 heterocycles. The lowest BCUT2D eigenvalue weighted by molar-refractivity contribution is 0.415. The minimum atomic E-state index is 0.565. The van der Waals surface area contributed by atoms with Crippen LogP contribution in [0.25, 0.3) is 0 Å². The molecular weight excluding hydrogens is 260 g/mol. The van der Waals surface area contributed by atoms with Gasteiger partial charge in [-0.2, -0.15) is 5.26 Å². The molecule has 0 spiro atoms. The van der Waals surface area contributed by atoms with Crippen LogP contribution in [0.15, 0.2) is 36.4 Å². The number of rotatable bonds is 3. The molecule has 2 aromatic rings. The highest BCUT2D eigenvalue weighted by Gasteiger charge is 2.06. The zero-order valence-corrected chi connectivity index (χ0v) is 11.5. The Kier molecular flexibility index (Phi) is 3.94. The van der Waals surface area contributed by atoms with E-state index in [1.165, 1.54) is 0 Å². The van der Waals surface area contributed by atoms with Crippen molar-refractivity contribution in [2.24, 2.45) is 0 Å². The van der Waals surface area contributed by atoms with Crippen LogP contribution in [0.1, 0.15) is 11.1 Å². The number of nitriles is 1. The summed E-state index contributed by atoms with van der Waals surface area (Å²) in [6.45, 7) is 1.96. The Labute approximate surface area is 117 Å². The van der Waals surface area contributed by atoms with Gasteiger partial charge in [0, 0.05) is 16.8 Å². The summed E-state index contributed by atoms with van der Waals surface area (Å²) in [7, 11) is 1.60. The van der Waals surface area contributed by atoms with Crippen molar-refractivity contribution in [3.8, 4) is 11.8 Å². The maximum absolute atomic E-state index is 9.12. The van der Waals surface area contributed by atoms with Crippen LogP contribution in [0.4, 0.5) is 11.4 Å². The largest absolute Gasteiger partial charge is 0.497 e. The van der Waals surface area contributed by atoms with Gasteiger partial charge in [-0.05, 0) is 42.8 Å². The zero-order chi connectivity index (χ0) is 13.8. The average molecular weight is 273 g/mol. The second kappa shape index (κ2) is 5.64. The summed E-state index contributed by atoms with van der Waals surface area (Å²) in [6, 6.07) is 13.0. The molecule has 2 aromatic carbocycles. The molecule has 0 radical (unpaired) electrons. The molecule has 2 rings (SSSR count). The molecule has 4 heteroatoms. The number of hydrogen-bond donors (Lipinski definition) is 1. The molecule has 0 amide bonds. The van der Waals surface area contributed by atoms with Gasteiger partial charge in [0.1, 0.15) is 11.8 Å². The molecule has 0 aromatic heterocycles. The Hall–Kier alpha value is -2.18. The molecule has 96 valence electrons. The number of methoxy groups -OCH3 is 1. The number of ether oxygens (including phenoxy) is 1. The lowest BCUT2D eigenvalue weighted by Crippen LogP contribution is -1.96. The third kappa shape index (κ3) is 2.98. The highest BCUT2D eigenvalue weighted by atomic mass is 35.5. The molecule has 1 N–H and O–H groups in total. The first-order valence-corrected chi connectivity index (χ1v) is 6.13. The molecule has 0 fully saturated rings. The Bertz CT molecular complexity index is 647. The summed E-state index contributed by atoms with van der Waals surface area (Å²) in [4.78, 5) is 0. The SMILES string of the molecule is COc1ccc(C#N)c(Nc2ccc(Cl)cc2C)c1. The minimum Gasteiger partial charge on any atom is -0.497 e. The Balaban J connectivity index is 2.39. The highest BCUT2D eigenvalue weighted by Crippen LogP contribution is 2.28. The lowest BCUT2D eigenvalue weighted by atomic mass is 10.1. The van der Waals surface area contributed by atoms with Gasteiger partial charge < -0.3 is 10.1 Å². The van der Waals surface area contributed by atoms with Crippen LogP contribution in [0, 0.1) is 18.3 Å². The van der Waals surface area contributed by atoms with Gasteiger partial charge in [-0.25, -0.2) is 0 Å². The van der Waals surface area contributed by atoms with E-state index in [0.29, 0.717) is 22.0 Å². The van der Waals surface area contributed by atoms with Gasteiger partial charge in [0.15, 0.2) is 0 Å². The second-order valence-corrected chi connectivity index (χ2v) is 4.54. The molecular formula is C15H13ClN2O. The van der Waals surface area contributed by atoms with E-state index in [4.69, 9.17) is 21.6 Å². The quantitative estimate of drug-likeness (QED) is 0.907. The smallest absolute Gasteiger partial charge is 0.121 e. The van der Waals surface area contributed by atoms with Crippen molar-refractivity contribution in [1.29, 1.82) is 5.26 Å². The van der Waals surface area contributed by atoms with E-state index in [-0.39, 0.29) is 0 Å². The van der Waals surface area contributed by atoms with E-state index in [1.54, 1.807) is 25.3 Å². The monoisotopic (exact) mass is 272 g/mol. The highest BCUT2D eigenvalue weighted by molar-refractivity contribution is 6.30. The third-order valence-corrected chi connectivity index (χ3v) is 3.04. The first-order valence-electron chi connectivity index (χ1n) is 5.75. The second-order valence-electron chi connectivity index (χ2n) is 4.11. The summed E-state index contributed by atoms with van der Waals surface area (Å²) in [5, 5.41) is 13.0. The fourth-order valence-corrected chi connectivity index (χ4v) is 1.99. The third-order valence-electron chi connectivity index (χ3n) is 2.80. The number of nitrogens with one attached hydrogen (secondary N) is 1. The van der Waals surface area contributed by atoms with E-state index < -0.39 is 0 Å². The first-order chi connectivity index (χ1) is 9.13. The summed E-state index contributed by atoms with van der Waals surface area (Å²) in [5.74, 6) is 0.702. The summed E-state index contributed by atoms with van der Waals surface area (Å²) >= 11 is 5.93. The van der Waals surface area contributed by atoms with Crippen molar-refractivity contribution in [2.75, 3.05) is 12.4 Å². The van der Waals surface area contributed by atoms with Crippen LogP contribution in [0.2, 0.25) is 5.02 Å². The molecule has 0 atom stereocenters. The van der Waals surface area contributed by atoms with E-state index in [0.717, 1.165) is 11.3 Å². The molecule has 0 aliphatic carbocycles. The molecule has 0 aliphatic rings. The van der Waals surface area contributed by atoms with Gasteiger partial charge in [0.25, 0.3) is 0 Å². The van der Waals surface area contributed by atoms with Crippen LogP contribution in [-0.2, 0) is 0 Å².